The lowest BCUT2D eigenvalue weighted by atomic mass is 9.92. The van der Waals surface area contributed by atoms with Gasteiger partial charge >= 0.3 is 6.03 Å². The van der Waals surface area contributed by atoms with E-state index >= 15 is 0 Å². The molecule has 4 fully saturated rings. The molecule has 0 bridgehead atoms. The van der Waals surface area contributed by atoms with Crippen LogP contribution in [-0.2, 0) is 4.79 Å². The number of imide groups is 1. The Labute approximate surface area is 324 Å². The number of amides is 4. The van der Waals surface area contributed by atoms with Crippen LogP contribution in [0.25, 0.3) is 10.9 Å². The lowest BCUT2D eigenvalue weighted by Crippen LogP contribution is -2.49. The molecule has 286 valence electrons. The number of carbonyl (C=O) groups excluding carboxylic acids is 3. The molecule has 8 rings (SSSR count). The molecule has 1 saturated carbocycles. The van der Waals surface area contributed by atoms with Crippen molar-refractivity contribution in [1.82, 2.24) is 35.5 Å². The number of carbonyl (C=O) groups is 3. The van der Waals surface area contributed by atoms with E-state index in [-0.39, 0.29) is 36.4 Å². The zero-order valence-electron chi connectivity index (χ0n) is 30.7. The number of nitrogens with one attached hydrogen (secondary N) is 2. The van der Waals surface area contributed by atoms with E-state index in [4.69, 9.17) is 26.7 Å². The van der Waals surface area contributed by atoms with Crippen LogP contribution in [0.1, 0.15) is 79.9 Å². The molecule has 4 aromatic rings. The van der Waals surface area contributed by atoms with Gasteiger partial charge < -0.3 is 19.9 Å². The van der Waals surface area contributed by atoms with Gasteiger partial charge in [0, 0.05) is 63.2 Å². The van der Waals surface area contributed by atoms with Crippen molar-refractivity contribution >= 4 is 51.9 Å². The molecule has 15 heteroatoms. The SMILES string of the molecule is N#Cc1ccc(OC2CCC(NC(=O)c3ccc(N4CCC(CN5CCC(n6ncc7c(N8CCC(=O)NC8=O)cccc76)CC5)CC4)nn3)CC2)cc1Cl. The summed E-state index contributed by atoms with van der Waals surface area (Å²) in [5, 5.41) is 29.4. The number of nitriles is 1. The number of anilines is 2. The Bertz CT molecular complexity index is 2080. The number of ether oxygens (including phenoxy) is 1. The summed E-state index contributed by atoms with van der Waals surface area (Å²) in [7, 11) is 0. The van der Waals surface area contributed by atoms with E-state index in [1.807, 2.05) is 24.4 Å². The normalized spacial score (nSPS) is 21.7. The molecule has 0 radical (unpaired) electrons. The van der Waals surface area contributed by atoms with E-state index in [1.165, 1.54) is 0 Å². The summed E-state index contributed by atoms with van der Waals surface area (Å²) < 4.78 is 8.21. The van der Waals surface area contributed by atoms with Gasteiger partial charge in [0.2, 0.25) is 5.91 Å². The van der Waals surface area contributed by atoms with Gasteiger partial charge in [0.05, 0.1) is 40.1 Å². The van der Waals surface area contributed by atoms with Gasteiger partial charge in [0.15, 0.2) is 11.5 Å². The van der Waals surface area contributed by atoms with Gasteiger partial charge in [0.1, 0.15) is 11.8 Å². The van der Waals surface area contributed by atoms with Crippen LogP contribution in [0, 0.1) is 17.2 Å². The third kappa shape index (κ3) is 8.23. The summed E-state index contributed by atoms with van der Waals surface area (Å²) in [5.74, 6) is 1.62. The summed E-state index contributed by atoms with van der Waals surface area (Å²) in [6.07, 6.45) is 9.57. The summed E-state index contributed by atoms with van der Waals surface area (Å²) in [4.78, 5) is 43.7. The number of aromatic nitrogens is 4. The second-order valence-corrected chi connectivity index (χ2v) is 15.5. The predicted molar refractivity (Wildman–Crippen MR) is 207 cm³/mol. The van der Waals surface area contributed by atoms with Crippen LogP contribution >= 0.6 is 11.6 Å². The number of halogens is 1. The molecule has 4 aliphatic rings. The van der Waals surface area contributed by atoms with E-state index < -0.39 is 0 Å². The van der Waals surface area contributed by atoms with Crippen molar-refractivity contribution in [2.45, 2.75) is 76.0 Å². The van der Waals surface area contributed by atoms with Crippen LogP contribution in [0.2, 0.25) is 5.02 Å². The van der Waals surface area contributed by atoms with Gasteiger partial charge in [-0.3, -0.25) is 24.5 Å². The predicted octanol–water partition coefficient (Wildman–Crippen LogP) is 5.47. The fourth-order valence-electron chi connectivity index (χ4n) is 8.48. The van der Waals surface area contributed by atoms with E-state index in [1.54, 1.807) is 29.2 Å². The average Bonchev–Trinajstić information content (AvgIpc) is 3.64. The Hall–Kier alpha value is -5.26. The maximum absolute atomic E-state index is 13.0. The minimum Gasteiger partial charge on any atom is -0.490 e. The molecule has 55 heavy (non-hydrogen) atoms. The number of likely N-dealkylation sites (tertiary alicyclic amines) is 1. The third-order valence-corrected chi connectivity index (χ3v) is 11.9. The zero-order chi connectivity index (χ0) is 37.9. The molecule has 3 saturated heterocycles. The van der Waals surface area contributed by atoms with Gasteiger partial charge in [-0.25, -0.2) is 4.79 Å². The number of hydrogen-bond acceptors (Lipinski definition) is 10. The minimum absolute atomic E-state index is 0.0328. The molecular weight excluding hydrogens is 720 g/mol. The van der Waals surface area contributed by atoms with Crippen LogP contribution < -0.4 is 25.2 Å². The largest absolute Gasteiger partial charge is 0.490 e. The van der Waals surface area contributed by atoms with Crippen molar-refractivity contribution in [2.24, 2.45) is 5.92 Å². The summed E-state index contributed by atoms with van der Waals surface area (Å²) in [6.45, 7) is 5.29. The number of rotatable bonds is 9. The van der Waals surface area contributed by atoms with Crippen LogP contribution in [0.5, 0.6) is 5.75 Å². The average molecular weight is 765 g/mol. The Morgan fingerprint density at radius 1 is 0.945 bits per heavy atom. The summed E-state index contributed by atoms with van der Waals surface area (Å²) in [5.41, 5.74) is 2.55. The Morgan fingerprint density at radius 2 is 1.75 bits per heavy atom. The first kappa shape index (κ1) is 36.7. The zero-order valence-corrected chi connectivity index (χ0v) is 31.5. The third-order valence-electron chi connectivity index (χ3n) is 11.6. The van der Waals surface area contributed by atoms with Gasteiger partial charge in [-0.1, -0.05) is 17.7 Å². The number of urea groups is 1. The van der Waals surface area contributed by atoms with E-state index in [0.29, 0.717) is 40.5 Å². The second-order valence-electron chi connectivity index (χ2n) is 15.1. The molecule has 1 aliphatic carbocycles. The number of fused-ring (bicyclic) bond motifs is 1. The minimum atomic E-state index is -0.381. The topological polar surface area (TPSA) is 162 Å². The Morgan fingerprint density at radius 3 is 2.45 bits per heavy atom. The first-order valence-electron chi connectivity index (χ1n) is 19.4. The highest BCUT2D eigenvalue weighted by molar-refractivity contribution is 6.31. The molecule has 3 aliphatic heterocycles. The lowest BCUT2D eigenvalue weighted by molar-refractivity contribution is -0.120. The molecule has 5 heterocycles. The first-order chi connectivity index (χ1) is 26.8. The maximum atomic E-state index is 13.0. The molecule has 0 unspecified atom stereocenters. The van der Waals surface area contributed by atoms with Gasteiger partial charge in [-0.15, -0.1) is 10.2 Å². The Kier molecular flexibility index (Phi) is 10.8. The molecule has 14 nitrogen and oxygen atoms in total. The highest BCUT2D eigenvalue weighted by Gasteiger charge is 2.30. The molecule has 0 spiro atoms. The highest BCUT2D eigenvalue weighted by Crippen LogP contribution is 2.33. The van der Waals surface area contributed by atoms with Crippen molar-refractivity contribution in [2.75, 3.05) is 49.1 Å². The van der Waals surface area contributed by atoms with Crippen molar-refractivity contribution in [3.05, 3.63) is 71.0 Å². The van der Waals surface area contributed by atoms with Gasteiger partial charge in [-0.2, -0.15) is 10.4 Å². The number of benzene rings is 2. The molecular formula is C40H45ClN10O4. The van der Waals surface area contributed by atoms with Crippen LogP contribution in [0.15, 0.2) is 54.7 Å². The lowest BCUT2D eigenvalue weighted by Gasteiger charge is -2.38. The molecule has 0 atom stereocenters. The van der Waals surface area contributed by atoms with Crippen molar-refractivity contribution < 1.29 is 19.1 Å². The van der Waals surface area contributed by atoms with Crippen LogP contribution in [0.3, 0.4) is 0 Å². The van der Waals surface area contributed by atoms with Crippen molar-refractivity contribution in [3.8, 4) is 11.8 Å². The van der Waals surface area contributed by atoms with Gasteiger partial charge in [0.25, 0.3) is 5.91 Å². The molecule has 4 amide bonds. The monoisotopic (exact) mass is 764 g/mol. The van der Waals surface area contributed by atoms with E-state index in [2.05, 4.69) is 47.4 Å². The fraction of sp³-hybridized carbons (Fsp3) is 0.475. The number of piperidine rings is 2. The van der Waals surface area contributed by atoms with E-state index in [0.717, 1.165) is 106 Å². The summed E-state index contributed by atoms with van der Waals surface area (Å²) >= 11 is 6.15. The van der Waals surface area contributed by atoms with Crippen LogP contribution in [0.4, 0.5) is 16.3 Å². The highest BCUT2D eigenvalue weighted by atomic mass is 35.5. The number of hydrogen-bond donors (Lipinski definition) is 2. The van der Waals surface area contributed by atoms with E-state index in [9.17, 15) is 14.4 Å². The van der Waals surface area contributed by atoms with Crippen LogP contribution in [-0.4, -0.2) is 94.1 Å². The smallest absolute Gasteiger partial charge is 0.328 e. The molecule has 2 N–H and O–H groups in total. The first-order valence-corrected chi connectivity index (χ1v) is 19.7. The standard InChI is InChI=1S/C40H45ClN10O4/c41-33-22-31(7-4-27(33)23-42)55-30-8-5-28(6-9-30)44-39(53)34-10-11-37(47-46-34)49-19-12-26(13-20-49)25-48-17-14-29(15-18-48)51-36-3-1-2-35(32(36)24-43-51)50-21-16-38(52)45-40(50)54/h1-4,7,10-11,22,24,26,28-30H,5-6,8-9,12-21,25H2,(H,44,53)(H,45,52,54). The van der Waals surface area contributed by atoms with Gasteiger partial charge in [-0.05, 0) is 93.7 Å². The quantitative estimate of drug-likeness (QED) is 0.224. The number of nitrogens with zero attached hydrogens (tertiary/aromatic N) is 8. The van der Waals surface area contributed by atoms with Crippen molar-refractivity contribution in [3.63, 3.8) is 0 Å². The fourth-order valence-corrected chi connectivity index (χ4v) is 8.70. The maximum Gasteiger partial charge on any atom is 0.328 e. The van der Waals surface area contributed by atoms with Crippen molar-refractivity contribution in [1.29, 1.82) is 5.26 Å². The molecule has 2 aromatic carbocycles. The molecule has 2 aromatic heterocycles. The second kappa shape index (κ2) is 16.2. The Balaban J connectivity index is 0.760. The summed E-state index contributed by atoms with van der Waals surface area (Å²) in [6, 6.07) is 16.8.